The van der Waals surface area contributed by atoms with Gasteiger partial charge in [-0.2, -0.15) is 0 Å². The van der Waals surface area contributed by atoms with Gasteiger partial charge in [0.2, 0.25) is 0 Å². The molecule has 0 spiro atoms. The van der Waals surface area contributed by atoms with Crippen LogP contribution in [0.3, 0.4) is 0 Å². The molecule has 0 bridgehead atoms. The molecule has 0 amide bonds. The molecule has 0 atom stereocenters. The largest absolute Gasteiger partial charge is 0 e. The summed E-state index contributed by atoms with van der Waals surface area (Å²) in [6.45, 7) is 0. The first kappa shape index (κ1) is 27.6. The average molecular weight is 551 g/mol. The van der Waals surface area contributed by atoms with Crippen LogP contribution in [-0.2, 0) is 21.1 Å². The third-order valence-electron chi connectivity index (χ3n) is 0. The van der Waals surface area contributed by atoms with E-state index in [0.717, 1.165) is 0 Å². The quantitative estimate of drug-likeness (QED) is 0.334. The molecule has 0 aliphatic heterocycles. The summed E-state index contributed by atoms with van der Waals surface area (Å²) in [6.07, 6.45) is 0. The van der Waals surface area contributed by atoms with Gasteiger partial charge in [0, 0.05) is 92.8 Å². The molecule has 0 fully saturated rings. The van der Waals surface area contributed by atoms with Gasteiger partial charge < -0.3 is 0 Å². The van der Waals surface area contributed by atoms with Crippen molar-refractivity contribution in [3.8, 4) is 0 Å². The molecule has 0 aromatic carbocycles. The van der Waals surface area contributed by atoms with E-state index in [9.17, 15) is 0 Å². The Hall–Kier alpha value is 3.08. The van der Waals surface area contributed by atoms with Crippen molar-refractivity contribution >= 4 is 71.7 Å². The first-order valence-corrected chi connectivity index (χ1v) is 0. The number of hydrogen-bond acceptors (Lipinski definition) is 0. The van der Waals surface area contributed by atoms with E-state index in [1.807, 2.05) is 0 Å². The summed E-state index contributed by atoms with van der Waals surface area (Å²) in [6, 6.07) is 0. The molecule has 0 aromatic heterocycles. The smallest absolute Gasteiger partial charge is 0 e. The summed E-state index contributed by atoms with van der Waals surface area (Å²) in [5.41, 5.74) is 0. The van der Waals surface area contributed by atoms with Gasteiger partial charge in [0.25, 0.3) is 0 Å². The van der Waals surface area contributed by atoms with Crippen LogP contribution in [0.4, 0.5) is 0 Å². The second-order valence-corrected chi connectivity index (χ2v) is 0. The fourth-order valence-electron chi connectivity index (χ4n) is 0. The van der Waals surface area contributed by atoms with E-state index in [-0.39, 0.29) is 92.8 Å². The molecular weight excluding hydrogens is 551 g/mol. The zero-order valence-corrected chi connectivity index (χ0v) is 12.7. The Morgan fingerprint density at radius 2 is 0.500 bits per heavy atom. The zero-order chi connectivity index (χ0) is 0. The Labute approximate surface area is 91.0 Å². The van der Waals surface area contributed by atoms with Gasteiger partial charge in [-0.3, -0.25) is 0 Å². The Bertz CT molecular complexity index is 3.25. The molecule has 0 unspecified atom stereocenters. The van der Waals surface area contributed by atoms with Gasteiger partial charge in [0.1, 0.15) is 0 Å². The number of hydrogen-bond donors (Lipinski definition) is 0. The summed E-state index contributed by atoms with van der Waals surface area (Å²) in [7, 11) is 0. The van der Waals surface area contributed by atoms with Gasteiger partial charge in [0.15, 0.2) is 0 Å². The molecule has 0 aliphatic rings. The van der Waals surface area contributed by atoms with Crippen molar-refractivity contribution in [3.05, 3.63) is 0 Å². The third kappa shape index (κ3) is 8.92. The minimum Gasteiger partial charge on any atom is 0 e. The molecule has 0 saturated carbocycles. The van der Waals surface area contributed by atoms with E-state index in [0.29, 0.717) is 0 Å². The average Bonchev–Trinajstić information content (AvgIpc) is 0. The molecule has 0 heterocycles. The second-order valence-electron chi connectivity index (χ2n) is 0. The van der Waals surface area contributed by atoms with Crippen LogP contribution in [0.15, 0.2) is 0 Å². The predicted octanol–water partition coefficient (Wildman–Crippen LogP) is -1.14. The molecule has 0 N–H and O–H groups in total. The Morgan fingerprint density at radius 1 is 0.500 bits per heavy atom. The van der Waals surface area contributed by atoms with Crippen molar-refractivity contribution < 1.29 is 21.1 Å². The van der Waals surface area contributed by atoms with Crippen LogP contribution in [0.5, 0.6) is 0 Å². The molecule has 22 valence electrons. The zero-order valence-electron chi connectivity index (χ0n) is 1.82. The summed E-state index contributed by atoms with van der Waals surface area (Å²) >= 11 is 0. The van der Waals surface area contributed by atoms with Crippen LogP contribution in [-0.4, -0.2) is 71.7 Å². The monoisotopic (exact) mass is 555 g/mol. The van der Waals surface area contributed by atoms with Gasteiger partial charge in [-0.1, -0.05) is 0 Å². The summed E-state index contributed by atoms with van der Waals surface area (Å²) < 4.78 is 0. The van der Waals surface area contributed by atoms with Crippen LogP contribution in [0.25, 0.3) is 0 Å². The SMILES string of the molecule is [Pt].[Sn].[Sn].[Sn]. The molecule has 4 heavy (non-hydrogen) atoms. The van der Waals surface area contributed by atoms with E-state index >= 15 is 0 Å². The first-order valence-electron chi connectivity index (χ1n) is 0. The van der Waals surface area contributed by atoms with E-state index in [2.05, 4.69) is 0 Å². The van der Waals surface area contributed by atoms with Crippen LogP contribution in [0.1, 0.15) is 0 Å². The minimum atomic E-state index is 0. The van der Waals surface area contributed by atoms with Crippen molar-refractivity contribution in [2.75, 3.05) is 0 Å². The fraction of sp³-hybridized carbons (Fsp3) is 0. The normalized spacial score (nSPS) is 0. The van der Waals surface area contributed by atoms with E-state index in [1.165, 1.54) is 0 Å². The predicted molar refractivity (Wildman–Crippen MR) is 17.3 cm³/mol. The first-order chi connectivity index (χ1) is 0. The van der Waals surface area contributed by atoms with Crippen LogP contribution >= 0.6 is 0 Å². The van der Waals surface area contributed by atoms with Crippen molar-refractivity contribution in [1.82, 2.24) is 0 Å². The van der Waals surface area contributed by atoms with Crippen LogP contribution in [0.2, 0.25) is 0 Å². The van der Waals surface area contributed by atoms with Crippen LogP contribution in [0, 0.1) is 0 Å². The molecule has 0 nitrogen and oxygen atoms in total. The standard InChI is InChI=1S/Pt.3Sn. The maximum absolute atomic E-state index is 0. The van der Waals surface area contributed by atoms with E-state index < -0.39 is 0 Å². The molecule has 0 aromatic rings. The molecular formula is PtSn3. The van der Waals surface area contributed by atoms with E-state index in [4.69, 9.17) is 0 Å². The maximum atomic E-state index is 0. The van der Waals surface area contributed by atoms with Crippen molar-refractivity contribution in [2.45, 2.75) is 0 Å². The molecule has 12 radical (unpaired) electrons. The minimum absolute atomic E-state index is 0. The van der Waals surface area contributed by atoms with Gasteiger partial charge in [0.05, 0.1) is 0 Å². The van der Waals surface area contributed by atoms with Crippen molar-refractivity contribution in [1.29, 1.82) is 0 Å². The fourth-order valence-corrected chi connectivity index (χ4v) is 0. The summed E-state index contributed by atoms with van der Waals surface area (Å²) in [5, 5.41) is 0. The summed E-state index contributed by atoms with van der Waals surface area (Å²) in [5.74, 6) is 0. The Kier molecular flexibility index (Phi) is 114. The van der Waals surface area contributed by atoms with Gasteiger partial charge in [-0.15, -0.1) is 0 Å². The topological polar surface area (TPSA) is 0 Å². The van der Waals surface area contributed by atoms with Gasteiger partial charge >= 0.3 is 0 Å². The Balaban J connectivity index is 0. The molecule has 0 saturated heterocycles. The molecule has 4 heteroatoms. The number of rotatable bonds is 0. The maximum Gasteiger partial charge on any atom is 0 e. The summed E-state index contributed by atoms with van der Waals surface area (Å²) in [4.78, 5) is 0. The molecule has 0 aliphatic carbocycles. The van der Waals surface area contributed by atoms with Crippen molar-refractivity contribution in [2.24, 2.45) is 0 Å². The molecule has 0 rings (SSSR count). The third-order valence-corrected chi connectivity index (χ3v) is 0. The van der Waals surface area contributed by atoms with Crippen LogP contribution < -0.4 is 0 Å². The van der Waals surface area contributed by atoms with Gasteiger partial charge in [-0.25, -0.2) is 0 Å². The van der Waals surface area contributed by atoms with Crippen molar-refractivity contribution in [3.63, 3.8) is 0 Å². The van der Waals surface area contributed by atoms with Gasteiger partial charge in [-0.05, 0) is 0 Å². The van der Waals surface area contributed by atoms with E-state index in [1.54, 1.807) is 0 Å². The Morgan fingerprint density at radius 3 is 0.500 bits per heavy atom. The second kappa shape index (κ2) is 16.5.